The fraction of sp³-hybridized carbons (Fsp3) is 0.111. The predicted octanol–water partition coefficient (Wildman–Crippen LogP) is 4.34. The van der Waals surface area contributed by atoms with E-state index in [0.717, 1.165) is 16.6 Å². The smallest absolute Gasteiger partial charge is 0.160 e. The van der Waals surface area contributed by atoms with Gasteiger partial charge in [-0.05, 0) is 30.3 Å². The maximum atomic E-state index is 4.58. The van der Waals surface area contributed by atoms with Gasteiger partial charge in [-0.2, -0.15) is 0 Å². The molecule has 5 nitrogen and oxygen atoms in total. The lowest BCUT2D eigenvalue weighted by molar-refractivity contribution is 1.20. The lowest BCUT2D eigenvalue weighted by Crippen LogP contribution is -1.98. The molecule has 1 aromatic carbocycles. The van der Waals surface area contributed by atoms with Crippen LogP contribution in [0.1, 0.15) is 13.8 Å². The van der Waals surface area contributed by atoms with Crippen LogP contribution in [0.5, 0.6) is 0 Å². The van der Waals surface area contributed by atoms with Crippen LogP contribution in [0.4, 0.5) is 11.5 Å². The number of rotatable bonds is 2. The highest BCUT2D eigenvalue weighted by molar-refractivity contribution is 5.94. The molecule has 4 rings (SSSR count). The first-order chi connectivity index (χ1) is 11.4. The van der Waals surface area contributed by atoms with E-state index in [1.54, 1.807) is 6.20 Å². The normalized spacial score (nSPS) is 10.2. The van der Waals surface area contributed by atoms with Crippen LogP contribution in [0.2, 0.25) is 0 Å². The van der Waals surface area contributed by atoms with Gasteiger partial charge in [0.1, 0.15) is 11.8 Å². The summed E-state index contributed by atoms with van der Waals surface area (Å²) in [6.45, 7) is 4.00. The van der Waals surface area contributed by atoms with Gasteiger partial charge >= 0.3 is 0 Å². The van der Waals surface area contributed by atoms with Crippen molar-refractivity contribution in [2.24, 2.45) is 0 Å². The first kappa shape index (κ1) is 14.8. The lowest BCUT2D eigenvalue weighted by atomic mass is 10.2. The van der Waals surface area contributed by atoms with Gasteiger partial charge in [-0.1, -0.05) is 32.0 Å². The summed E-state index contributed by atoms with van der Waals surface area (Å²) in [6, 6.07) is 15.7. The molecule has 0 aliphatic heterocycles. The maximum absolute atomic E-state index is 4.58. The van der Waals surface area contributed by atoms with Crippen LogP contribution in [0.15, 0.2) is 61.1 Å². The fourth-order valence-corrected chi connectivity index (χ4v) is 2.23. The highest BCUT2D eigenvalue weighted by Gasteiger charge is 2.07. The van der Waals surface area contributed by atoms with Crippen LogP contribution in [-0.4, -0.2) is 19.9 Å². The minimum Gasteiger partial charge on any atom is -0.338 e. The molecule has 0 aliphatic carbocycles. The number of anilines is 2. The van der Waals surface area contributed by atoms with Crippen LogP contribution in [0.25, 0.3) is 22.1 Å². The molecular formula is C18H17N5. The zero-order valence-electron chi connectivity index (χ0n) is 13.1. The Labute approximate surface area is 134 Å². The van der Waals surface area contributed by atoms with Gasteiger partial charge in [0.05, 0.1) is 5.52 Å². The third kappa shape index (κ3) is 3.08. The number of pyridine rings is 2. The van der Waals surface area contributed by atoms with Crippen molar-refractivity contribution >= 4 is 33.6 Å². The average molecular weight is 303 g/mol. The molecular weight excluding hydrogens is 286 g/mol. The molecule has 1 N–H and O–H groups in total. The maximum Gasteiger partial charge on any atom is 0.160 e. The van der Waals surface area contributed by atoms with Crippen molar-refractivity contribution in [3.63, 3.8) is 0 Å². The number of nitrogens with one attached hydrogen (secondary N) is 1. The summed E-state index contributed by atoms with van der Waals surface area (Å²) < 4.78 is 0. The molecule has 114 valence electrons. The van der Waals surface area contributed by atoms with Crippen LogP contribution >= 0.6 is 0 Å². The van der Waals surface area contributed by atoms with Crippen molar-refractivity contribution in [1.82, 2.24) is 19.9 Å². The Morgan fingerprint density at radius 2 is 1.70 bits per heavy atom. The molecule has 0 radical (unpaired) electrons. The number of para-hydroxylation sites is 1. The minimum atomic E-state index is 0.679. The molecule has 3 heterocycles. The number of fused-ring (bicyclic) bond motifs is 2. The summed E-state index contributed by atoms with van der Waals surface area (Å²) in [7, 11) is 0. The zero-order chi connectivity index (χ0) is 16.1. The molecule has 0 unspecified atom stereocenters. The summed E-state index contributed by atoms with van der Waals surface area (Å²) in [5, 5.41) is 4.24. The minimum absolute atomic E-state index is 0.679. The largest absolute Gasteiger partial charge is 0.338 e. The van der Waals surface area contributed by atoms with E-state index < -0.39 is 0 Å². The first-order valence-electron chi connectivity index (χ1n) is 7.59. The van der Waals surface area contributed by atoms with E-state index in [1.165, 1.54) is 6.33 Å². The summed E-state index contributed by atoms with van der Waals surface area (Å²) >= 11 is 0. The van der Waals surface area contributed by atoms with E-state index in [1.807, 2.05) is 62.4 Å². The van der Waals surface area contributed by atoms with Gasteiger partial charge < -0.3 is 5.32 Å². The van der Waals surface area contributed by atoms with Gasteiger partial charge in [-0.3, -0.25) is 0 Å². The highest BCUT2D eigenvalue weighted by Crippen LogP contribution is 2.23. The topological polar surface area (TPSA) is 63.6 Å². The van der Waals surface area contributed by atoms with Crippen molar-refractivity contribution in [2.75, 3.05) is 5.32 Å². The lowest BCUT2D eigenvalue weighted by Gasteiger charge is -2.08. The second kappa shape index (κ2) is 6.79. The van der Waals surface area contributed by atoms with Crippen LogP contribution in [0.3, 0.4) is 0 Å². The highest BCUT2D eigenvalue weighted by atomic mass is 15.0. The molecule has 0 saturated heterocycles. The summed E-state index contributed by atoms with van der Waals surface area (Å²) in [6.07, 6.45) is 3.27. The van der Waals surface area contributed by atoms with E-state index in [4.69, 9.17) is 0 Å². The predicted molar refractivity (Wildman–Crippen MR) is 93.7 cm³/mol. The zero-order valence-corrected chi connectivity index (χ0v) is 13.1. The molecule has 23 heavy (non-hydrogen) atoms. The Bertz CT molecular complexity index is 922. The number of nitrogens with zero attached hydrogens (tertiary/aromatic N) is 4. The molecule has 0 saturated carbocycles. The van der Waals surface area contributed by atoms with Gasteiger partial charge in [-0.15, -0.1) is 0 Å². The van der Waals surface area contributed by atoms with E-state index in [-0.39, 0.29) is 0 Å². The first-order valence-corrected chi connectivity index (χ1v) is 7.59. The molecule has 0 spiro atoms. The SMILES string of the molecule is CC.c1ccc(Nc2ncnc3cc4cccnc4nc23)cc1. The van der Waals surface area contributed by atoms with Gasteiger partial charge in [0.2, 0.25) is 0 Å². The van der Waals surface area contributed by atoms with Gasteiger partial charge in [0, 0.05) is 17.3 Å². The van der Waals surface area contributed by atoms with Crippen LogP contribution in [-0.2, 0) is 0 Å². The Kier molecular flexibility index (Phi) is 4.38. The molecule has 5 heteroatoms. The second-order valence-corrected chi connectivity index (χ2v) is 4.62. The summed E-state index contributed by atoms with van der Waals surface area (Å²) in [5.41, 5.74) is 3.16. The molecule has 3 aromatic heterocycles. The molecule has 4 aromatic rings. The van der Waals surface area contributed by atoms with Gasteiger partial charge in [0.15, 0.2) is 11.5 Å². The van der Waals surface area contributed by atoms with Crippen molar-refractivity contribution in [1.29, 1.82) is 0 Å². The Hall–Kier alpha value is -3.08. The van der Waals surface area contributed by atoms with Crippen molar-refractivity contribution in [2.45, 2.75) is 13.8 Å². The molecule has 0 bridgehead atoms. The van der Waals surface area contributed by atoms with Crippen molar-refractivity contribution < 1.29 is 0 Å². The Morgan fingerprint density at radius 1 is 0.870 bits per heavy atom. The average Bonchev–Trinajstić information content (AvgIpc) is 2.63. The van der Waals surface area contributed by atoms with Crippen molar-refractivity contribution in [3.8, 4) is 0 Å². The molecule has 0 fully saturated rings. The second-order valence-electron chi connectivity index (χ2n) is 4.62. The number of benzene rings is 1. The third-order valence-electron chi connectivity index (χ3n) is 3.21. The molecule has 0 amide bonds. The summed E-state index contributed by atoms with van der Waals surface area (Å²) in [5.74, 6) is 0.679. The van der Waals surface area contributed by atoms with Crippen LogP contribution in [0, 0.1) is 0 Å². The summed E-state index contributed by atoms with van der Waals surface area (Å²) in [4.78, 5) is 17.4. The Morgan fingerprint density at radius 3 is 2.52 bits per heavy atom. The van der Waals surface area contributed by atoms with Crippen molar-refractivity contribution in [3.05, 3.63) is 61.1 Å². The standard InChI is InChI=1S/C16H11N5.C2H6/c1-2-6-12(7-3-1)20-16-14-13(18-10-19-16)9-11-5-4-8-17-15(11)21-14;1-2/h1-10H,(H,18,19,20);1-2H3. The van der Waals surface area contributed by atoms with Gasteiger partial charge in [0.25, 0.3) is 0 Å². The monoisotopic (exact) mass is 303 g/mol. The quantitative estimate of drug-likeness (QED) is 0.558. The molecule has 0 aliphatic rings. The fourth-order valence-electron chi connectivity index (χ4n) is 2.23. The Balaban J connectivity index is 0.000000753. The van der Waals surface area contributed by atoms with E-state index in [2.05, 4.69) is 25.3 Å². The number of aromatic nitrogens is 4. The van der Waals surface area contributed by atoms with Crippen LogP contribution < -0.4 is 5.32 Å². The molecule has 0 atom stereocenters. The van der Waals surface area contributed by atoms with Gasteiger partial charge in [-0.25, -0.2) is 19.9 Å². The third-order valence-corrected chi connectivity index (χ3v) is 3.21. The van der Waals surface area contributed by atoms with E-state index in [0.29, 0.717) is 17.0 Å². The van der Waals surface area contributed by atoms with E-state index >= 15 is 0 Å². The number of hydrogen-bond acceptors (Lipinski definition) is 5. The number of hydrogen-bond donors (Lipinski definition) is 1. The van der Waals surface area contributed by atoms with E-state index in [9.17, 15) is 0 Å².